The van der Waals surface area contributed by atoms with E-state index in [1.165, 1.54) is 16.5 Å². The van der Waals surface area contributed by atoms with Gasteiger partial charge in [-0.3, -0.25) is 4.57 Å². The van der Waals surface area contributed by atoms with Crippen molar-refractivity contribution in [3.8, 4) is 0 Å². The zero-order chi connectivity index (χ0) is 19.7. The number of nitrogens with zero attached hydrogens (tertiary/aromatic N) is 3. The highest BCUT2D eigenvalue weighted by Gasteiger charge is 2.44. The van der Waals surface area contributed by atoms with Crippen molar-refractivity contribution in [2.45, 2.75) is 31.0 Å². The van der Waals surface area contributed by atoms with E-state index in [1.807, 2.05) is 18.2 Å². The van der Waals surface area contributed by atoms with Crippen LogP contribution in [-0.2, 0) is 11.2 Å². The van der Waals surface area contributed by atoms with Gasteiger partial charge in [0.15, 0.2) is 11.9 Å². The Bertz CT molecular complexity index is 948. The van der Waals surface area contributed by atoms with E-state index in [0.29, 0.717) is 29.2 Å². The van der Waals surface area contributed by atoms with E-state index in [9.17, 15) is 15.3 Å². The van der Waals surface area contributed by atoms with Crippen molar-refractivity contribution >= 4 is 22.7 Å². The van der Waals surface area contributed by atoms with Crippen molar-refractivity contribution in [2.75, 3.05) is 24.2 Å². The lowest BCUT2D eigenvalue weighted by Crippen LogP contribution is -2.33. The number of pyridine rings is 1. The Morgan fingerprint density at radius 1 is 1.18 bits per heavy atom. The minimum atomic E-state index is -1.22. The molecule has 0 aliphatic carbocycles. The van der Waals surface area contributed by atoms with Crippen LogP contribution in [0.5, 0.6) is 0 Å². The van der Waals surface area contributed by atoms with E-state index < -0.39 is 31.1 Å². The van der Waals surface area contributed by atoms with Gasteiger partial charge in [-0.25, -0.2) is 9.97 Å². The Morgan fingerprint density at radius 2 is 1.96 bits per heavy atom. The van der Waals surface area contributed by atoms with E-state index in [0.717, 1.165) is 6.42 Å². The van der Waals surface area contributed by atoms with Gasteiger partial charge in [-0.1, -0.05) is 30.3 Å². The summed E-state index contributed by atoms with van der Waals surface area (Å²) in [6.45, 7) is 0.271. The summed E-state index contributed by atoms with van der Waals surface area (Å²) < 4.78 is 7.10. The smallest absolute Gasteiger partial charge is 0.166 e. The maximum absolute atomic E-state index is 10.3. The SMILES string of the molecule is Nc1cc(NCCc2ccccc2)nc2c1ncn2[C@@H]1O[C@H](CO)[C@@H](O)[C@H]1O. The second-order valence-electron chi connectivity index (χ2n) is 6.81. The van der Waals surface area contributed by atoms with Crippen molar-refractivity contribution in [2.24, 2.45) is 0 Å². The van der Waals surface area contributed by atoms with Crippen LogP contribution in [0.25, 0.3) is 11.2 Å². The number of aromatic nitrogens is 3. The van der Waals surface area contributed by atoms with Crippen molar-refractivity contribution in [3.63, 3.8) is 0 Å². The molecule has 1 aromatic carbocycles. The molecule has 6 N–H and O–H groups in total. The zero-order valence-corrected chi connectivity index (χ0v) is 15.1. The van der Waals surface area contributed by atoms with E-state index >= 15 is 0 Å². The highest BCUT2D eigenvalue weighted by molar-refractivity contribution is 5.86. The third kappa shape index (κ3) is 3.40. The molecule has 9 nitrogen and oxygen atoms in total. The topological polar surface area (TPSA) is 139 Å². The van der Waals surface area contributed by atoms with Crippen LogP contribution in [0.3, 0.4) is 0 Å². The van der Waals surface area contributed by atoms with Gasteiger partial charge in [-0.2, -0.15) is 0 Å². The molecule has 0 spiro atoms. The molecule has 0 amide bonds. The van der Waals surface area contributed by atoms with Crippen LogP contribution in [0.4, 0.5) is 11.5 Å². The first kappa shape index (κ1) is 18.6. The third-order valence-corrected chi connectivity index (χ3v) is 4.91. The summed E-state index contributed by atoms with van der Waals surface area (Å²) in [5, 5.41) is 32.8. The molecule has 2 aromatic heterocycles. The highest BCUT2D eigenvalue weighted by atomic mass is 16.6. The number of aliphatic hydroxyl groups excluding tert-OH is 3. The lowest BCUT2D eigenvalue weighted by molar-refractivity contribution is -0.0511. The van der Waals surface area contributed by atoms with E-state index in [1.54, 1.807) is 6.07 Å². The fraction of sp³-hybridized carbons (Fsp3) is 0.368. The Balaban J connectivity index is 1.56. The molecule has 1 fully saturated rings. The lowest BCUT2D eigenvalue weighted by atomic mass is 10.1. The predicted molar refractivity (Wildman–Crippen MR) is 104 cm³/mol. The number of rotatable bonds is 6. The maximum atomic E-state index is 10.3. The molecular formula is C19H23N5O4. The summed E-state index contributed by atoms with van der Waals surface area (Å²) in [5.41, 5.74) is 8.68. The molecule has 28 heavy (non-hydrogen) atoms. The van der Waals surface area contributed by atoms with Gasteiger partial charge in [0.2, 0.25) is 0 Å². The third-order valence-electron chi connectivity index (χ3n) is 4.91. The molecule has 3 heterocycles. The fourth-order valence-corrected chi connectivity index (χ4v) is 3.40. The summed E-state index contributed by atoms with van der Waals surface area (Å²) in [6, 6.07) is 11.8. The summed E-state index contributed by atoms with van der Waals surface area (Å²) >= 11 is 0. The second kappa shape index (κ2) is 7.72. The van der Waals surface area contributed by atoms with Gasteiger partial charge in [-0.15, -0.1) is 0 Å². The highest BCUT2D eigenvalue weighted by Crippen LogP contribution is 2.32. The number of imidazole rings is 1. The predicted octanol–water partition coefficient (Wildman–Crippen LogP) is 0.280. The average molecular weight is 385 g/mol. The number of anilines is 2. The number of benzene rings is 1. The quantitative estimate of drug-likeness (QED) is 0.408. The molecule has 3 aromatic rings. The number of fused-ring (bicyclic) bond motifs is 1. The number of nitrogens with one attached hydrogen (secondary N) is 1. The monoisotopic (exact) mass is 385 g/mol. The van der Waals surface area contributed by atoms with Gasteiger partial charge in [0.1, 0.15) is 29.6 Å². The summed E-state index contributed by atoms with van der Waals surface area (Å²) in [7, 11) is 0. The van der Waals surface area contributed by atoms with Gasteiger partial charge in [0.25, 0.3) is 0 Å². The average Bonchev–Trinajstić information content (AvgIpc) is 3.24. The largest absolute Gasteiger partial charge is 0.397 e. The lowest BCUT2D eigenvalue weighted by Gasteiger charge is -2.17. The Kier molecular flexibility index (Phi) is 5.14. The molecule has 0 saturated carbocycles. The number of ether oxygens (including phenoxy) is 1. The van der Waals surface area contributed by atoms with Gasteiger partial charge in [0.05, 0.1) is 18.6 Å². The molecule has 9 heteroatoms. The summed E-state index contributed by atoms with van der Waals surface area (Å²) in [4.78, 5) is 8.81. The first-order valence-corrected chi connectivity index (χ1v) is 9.12. The number of nitrogens with two attached hydrogens (primary N) is 1. The minimum absolute atomic E-state index is 0.400. The van der Waals surface area contributed by atoms with Crippen LogP contribution in [0.2, 0.25) is 0 Å². The Morgan fingerprint density at radius 3 is 2.68 bits per heavy atom. The Hall–Kier alpha value is -2.72. The minimum Gasteiger partial charge on any atom is -0.397 e. The van der Waals surface area contributed by atoms with Gasteiger partial charge < -0.3 is 31.1 Å². The van der Waals surface area contributed by atoms with Crippen LogP contribution in [-0.4, -0.2) is 61.3 Å². The zero-order valence-electron chi connectivity index (χ0n) is 15.1. The van der Waals surface area contributed by atoms with Crippen molar-refractivity contribution in [1.29, 1.82) is 0 Å². The standard InChI is InChI=1S/C19H23N5O4/c20-12-8-14(21-7-6-11-4-2-1-3-5-11)23-18-15(12)22-10-24(18)19-17(27)16(26)13(9-25)28-19/h1-5,8,10,13,16-17,19,25-27H,6-7,9H2,(H3,20,21,23)/t13-,16-,17-,19-/m1/s1. The van der Waals surface area contributed by atoms with E-state index in [2.05, 4.69) is 27.4 Å². The molecule has 1 saturated heterocycles. The molecule has 0 unspecified atom stereocenters. The first-order valence-electron chi connectivity index (χ1n) is 9.12. The van der Waals surface area contributed by atoms with Crippen LogP contribution < -0.4 is 11.1 Å². The van der Waals surface area contributed by atoms with Crippen LogP contribution in [0.1, 0.15) is 11.8 Å². The molecule has 1 aliphatic heterocycles. The maximum Gasteiger partial charge on any atom is 0.166 e. The van der Waals surface area contributed by atoms with Crippen LogP contribution >= 0.6 is 0 Å². The van der Waals surface area contributed by atoms with Gasteiger partial charge >= 0.3 is 0 Å². The van der Waals surface area contributed by atoms with Crippen molar-refractivity contribution < 1.29 is 20.1 Å². The first-order chi connectivity index (χ1) is 13.6. The molecule has 4 rings (SSSR count). The number of hydrogen-bond acceptors (Lipinski definition) is 8. The number of hydrogen-bond donors (Lipinski definition) is 5. The van der Waals surface area contributed by atoms with E-state index in [4.69, 9.17) is 10.5 Å². The molecular weight excluding hydrogens is 362 g/mol. The van der Waals surface area contributed by atoms with Crippen molar-refractivity contribution in [1.82, 2.24) is 14.5 Å². The molecule has 4 atom stereocenters. The van der Waals surface area contributed by atoms with Crippen molar-refractivity contribution in [3.05, 3.63) is 48.3 Å². The molecule has 0 radical (unpaired) electrons. The van der Waals surface area contributed by atoms with Gasteiger partial charge in [-0.05, 0) is 12.0 Å². The van der Waals surface area contributed by atoms with Crippen LogP contribution in [0.15, 0.2) is 42.7 Å². The summed E-state index contributed by atoms with van der Waals surface area (Å²) in [5.74, 6) is 0.578. The van der Waals surface area contributed by atoms with Crippen LogP contribution in [0, 0.1) is 0 Å². The molecule has 148 valence electrons. The number of aliphatic hydroxyl groups is 3. The number of nitrogen functional groups attached to an aromatic ring is 1. The normalized spacial score (nSPS) is 24.7. The molecule has 1 aliphatic rings. The summed E-state index contributed by atoms with van der Waals surface area (Å²) in [6.07, 6.45) is -1.91. The molecule has 0 bridgehead atoms. The Labute approximate surface area is 161 Å². The second-order valence-corrected chi connectivity index (χ2v) is 6.81. The fourth-order valence-electron chi connectivity index (χ4n) is 3.40. The van der Waals surface area contributed by atoms with Gasteiger partial charge in [0, 0.05) is 12.6 Å². The van der Waals surface area contributed by atoms with E-state index in [-0.39, 0.29) is 0 Å².